The Hall–Kier alpha value is -1.53. The molecular weight excluding hydrogens is 380 g/mol. The molecule has 1 saturated heterocycles. The van der Waals surface area contributed by atoms with Crippen LogP contribution in [0.25, 0.3) is 0 Å². The third-order valence-electron chi connectivity index (χ3n) is 4.58. The number of carbonyl (C=O) groups excluding carboxylic acids is 1. The summed E-state index contributed by atoms with van der Waals surface area (Å²) >= 11 is 7.67. The van der Waals surface area contributed by atoms with E-state index in [1.165, 1.54) is 17.3 Å². The van der Waals surface area contributed by atoms with E-state index in [9.17, 15) is 4.79 Å². The first-order valence-corrected chi connectivity index (χ1v) is 10.4. The Morgan fingerprint density at radius 2 is 1.81 bits per heavy atom. The highest BCUT2D eigenvalue weighted by Crippen LogP contribution is 2.30. The van der Waals surface area contributed by atoms with E-state index >= 15 is 0 Å². The molecule has 1 aliphatic rings. The van der Waals surface area contributed by atoms with Gasteiger partial charge in [-0.3, -0.25) is 9.69 Å². The summed E-state index contributed by atoms with van der Waals surface area (Å²) in [5.74, 6) is 0.0149. The molecule has 0 bridgehead atoms. The monoisotopic (exact) mass is 404 g/mol. The van der Waals surface area contributed by atoms with Gasteiger partial charge in [-0.15, -0.1) is 11.8 Å². The number of hydrogen-bond donors (Lipinski definition) is 1. The first-order valence-electron chi connectivity index (χ1n) is 9.19. The van der Waals surface area contributed by atoms with Gasteiger partial charge < -0.3 is 10.1 Å². The molecule has 144 valence electrons. The SMILES string of the molecule is CC(Sc1ccccc1Cl)C(=O)NCc1ccccc1CN1CCOCC1. The van der Waals surface area contributed by atoms with E-state index in [2.05, 4.69) is 28.4 Å². The number of nitrogens with zero attached hydrogens (tertiary/aromatic N) is 1. The van der Waals surface area contributed by atoms with E-state index in [1.54, 1.807) is 0 Å². The lowest BCUT2D eigenvalue weighted by Crippen LogP contribution is -2.36. The van der Waals surface area contributed by atoms with E-state index in [0.29, 0.717) is 11.6 Å². The number of morpholine rings is 1. The van der Waals surface area contributed by atoms with E-state index in [-0.39, 0.29) is 11.2 Å². The van der Waals surface area contributed by atoms with Crippen LogP contribution < -0.4 is 5.32 Å². The Kier molecular flexibility index (Phi) is 7.59. The summed E-state index contributed by atoms with van der Waals surface area (Å²) in [4.78, 5) is 15.8. The van der Waals surface area contributed by atoms with Crippen LogP contribution in [0.2, 0.25) is 5.02 Å². The normalized spacial score (nSPS) is 16.1. The molecular formula is C21H25ClN2O2S. The Balaban J connectivity index is 1.56. The fraction of sp³-hybridized carbons (Fsp3) is 0.381. The maximum atomic E-state index is 12.5. The topological polar surface area (TPSA) is 41.6 Å². The lowest BCUT2D eigenvalue weighted by atomic mass is 10.1. The Labute approximate surface area is 170 Å². The van der Waals surface area contributed by atoms with Crippen molar-refractivity contribution in [2.45, 2.75) is 30.2 Å². The van der Waals surface area contributed by atoms with Crippen LogP contribution in [0.5, 0.6) is 0 Å². The second-order valence-electron chi connectivity index (χ2n) is 6.57. The van der Waals surface area contributed by atoms with Crippen LogP contribution in [0.3, 0.4) is 0 Å². The number of rotatable bonds is 7. The third-order valence-corrected chi connectivity index (χ3v) is 6.20. The molecule has 1 aliphatic heterocycles. The van der Waals surface area contributed by atoms with Crippen molar-refractivity contribution in [2.24, 2.45) is 0 Å². The van der Waals surface area contributed by atoms with Crippen molar-refractivity contribution in [3.05, 3.63) is 64.7 Å². The molecule has 0 spiro atoms. The summed E-state index contributed by atoms with van der Waals surface area (Å²) in [6.07, 6.45) is 0. The van der Waals surface area contributed by atoms with Gasteiger partial charge in [0.25, 0.3) is 0 Å². The van der Waals surface area contributed by atoms with Gasteiger partial charge in [0, 0.05) is 31.1 Å². The van der Waals surface area contributed by atoms with Crippen molar-refractivity contribution in [3.8, 4) is 0 Å². The second kappa shape index (κ2) is 10.1. The van der Waals surface area contributed by atoms with Crippen LogP contribution >= 0.6 is 23.4 Å². The average Bonchev–Trinajstić information content (AvgIpc) is 2.69. The molecule has 2 aromatic carbocycles. The smallest absolute Gasteiger partial charge is 0.233 e. The maximum Gasteiger partial charge on any atom is 0.233 e. The van der Waals surface area contributed by atoms with E-state index in [0.717, 1.165) is 43.3 Å². The minimum absolute atomic E-state index is 0.0149. The molecule has 1 fully saturated rings. The molecule has 0 radical (unpaired) electrons. The highest BCUT2D eigenvalue weighted by Gasteiger charge is 2.17. The van der Waals surface area contributed by atoms with Gasteiger partial charge in [0.05, 0.1) is 23.5 Å². The lowest BCUT2D eigenvalue weighted by Gasteiger charge is -2.27. The zero-order chi connectivity index (χ0) is 19.1. The number of hydrogen-bond acceptors (Lipinski definition) is 4. The minimum atomic E-state index is -0.212. The summed E-state index contributed by atoms with van der Waals surface area (Å²) in [6.45, 7) is 6.80. The molecule has 1 unspecified atom stereocenters. The first kappa shape index (κ1) is 20.2. The Bertz CT molecular complexity index is 765. The average molecular weight is 405 g/mol. The first-order chi connectivity index (χ1) is 13.1. The predicted octanol–water partition coefficient (Wildman–Crippen LogP) is 3.97. The van der Waals surface area contributed by atoms with Crippen LogP contribution in [-0.4, -0.2) is 42.4 Å². The highest BCUT2D eigenvalue weighted by atomic mass is 35.5. The summed E-state index contributed by atoms with van der Waals surface area (Å²) in [5.41, 5.74) is 2.42. The molecule has 6 heteroatoms. The molecule has 3 rings (SSSR count). The number of halogens is 1. The van der Waals surface area contributed by atoms with Crippen LogP contribution in [-0.2, 0) is 22.6 Å². The van der Waals surface area contributed by atoms with Gasteiger partial charge >= 0.3 is 0 Å². The van der Waals surface area contributed by atoms with Crippen LogP contribution in [0.4, 0.5) is 0 Å². The summed E-state index contributed by atoms with van der Waals surface area (Å²) in [5, 5.41) is 3.54. The summed E-state index contributed by atoms with van der Waals surface area (Å²) in [6, 6.07) is 15.9. The Morgan fingerprint density at radius 3 is 2.56 bits per heavy atom. The van der Waals surface area contributed by atoms with E-state index < -0.39 is 0 Å². The Morgan fingerprint density at radius 1 is 1.15 bits per heavy atom. The number of benzene rings is 2. The van der Waals surface area contributed by atoms with Gasteiger partial charge in [-0.2, -0.15) is 0 Å². The van der Waals surface area contributed by atoms with Crippen molar-refractivity contribution in [1.82, 2.24) is 10.2 Å². The molecule has 4 nitrogen and oxygen atoms in total. The predicted molar refractivity (Wildman–Crippen MR) is 111 cm³/mol. The van der Waals surface area contributed by atoms with Crippen molar-refractivity contribution in [2.75, 3.05) is 26.3 Å². The zero-order valence-corrected chi connectivity index (χ0v) is 17.1. The largest absolute Gasteiger partial charge is 0.379 e. The van der Waals surface area contributed by atoms with Crippen molar-refractivity contribution < 1.29 is 9.53 Å². The minimum Gasteiger partial charge on any atom is -0.379 e. The number of thioether (sulfide) groups is 1. The molecule has 1 heterocycles. The molecule has 2 aromatic rings. The number of amides is 1. The molecule has 27 heavy (non-hydrogen) atoms. The molecule has 0 saturated carbocycles. The molecule has 1 amide bonds. The number of ether oxygens (including phenoxy) is 1. The van der Waals surface area contributed by atoms with Gasteiger partial charge in [0.2, 0.25) is 5.91 Å². The van der Waals surface area contributed by atoms with Gasteiger partial charge in [-0.25, -0.2) is 0 Å². The van der Waals surface area contributed by atoms with Crippen molar-refractivity contribution in [3.63, 3.8) is 0 Å². The second-order valence-corrected chi connectivity index (χ2v) is 8.36. The lowest BCUT2D eigenvalue weighted by molar-refractivity contribution is -0.120. The number of carbonyl (C=O) groups is 1. The van der Waals surface area contributed by atoms with Gasteiger partial charge in [-0.05, 0) is 30.2 Å². The quantitative estimate of drug-likeness (QED) is 0.709. The standard InChI is InChI=1S/C21H25ClN2O2S/c1-16(27-20-9-5-4-8-19(20)22)21(25)23-14-17-6-2-3-7-18(17)15-24-10-12-26-13-11-24/h2-9,16H,10-15H2,1H3,(H,23,25). The van der Waals surface area contributed by atoms with Crippen molar-refractivity contribution in [1.29, 1.82) is 0 Å². The molecule has 0 aliphatic carbocycles. The number of nitrogens with one attached hydrogen (secondary N) is 1. The molecule has 1 N–H and O–H groups in total. The molecule has 0 aromatic heterocycles. The van der Waals surface area contributed by atoms with E-state index in [1.807, 2.05) is 37.3 Å². The fourth-order valence-electron chi connectivity index (χ4n) is 2.99. The van der Waals surface area contributed by atoms with Gasteiger partial charge in [-0.1, -0.05) is 48.0 Å². The third kappa shape index (κ3) is 5.98. The van der Waals surface area contributed by atoms with E-state index in [4.69, 9.17) is 16.3 Å². The summed E-state index contributed by atoms with van der Waals surface area (Å²) in [7, 11) is 0. The van der Waals surface area contributed by atoms with Gasteiger partial charge in [0.1, 0.15) is 0 Å². The van der Waals surface area contributed by atoms with Crippen LogP contribution in [0.15, 0.2) is 53.4 Å². The summed E-state index contributed by atoms with van der Waals surface area (Å²) < 4.78 is 5.42. The van der Waals surface area contributed by atoms with Gasteiger partial charge in [0.15, 0.2) is 0 Å². The van der Waals surface area contributed by atoms with Crippen LogP contribution in [0.1, 0.15) is 18.1 Å². The highest BCUT2D eigenvalue weighted by molar-refractivity contribution is 8.00. The molecule has 1 atom stereocenters. The maximum absolute atomic E-state index is 12.5. The van der Waals surface area contributed by atoms with Crippen LogP contribution in [0, 0.1) is 0 Å². The zero-order valence-electron chi connectivity index (χ0n) is 15.5. The fourth-order valence-corrected chi connectivity index (χ4v) is 4.17. The van der Waals surface area contributed by atoms with Crippen molar-refractivity contribution >= 4 is 29.3 Å².